The van der Waals surface area contributed by atoms with Crippen molar-refractivity contribution in [3.05, 3.63) is 99.5 Å². The monoisotopic (exact) mass is 391 g/mol. The number of rotatable bonds is 8. The number of carbonyl (C=O) groups is 1. The molecule has 0 amide bonds. The number of nitrogens with zero attached hydrogens (tertiary/aromatic N) is 1. The van der Waals surface area contributed by atoms with Gasteiger partial charge in [0, 0.05) is 11.6 Å². The number of hydrogen-bond donors (Lipinski definition) is 0. The van der Waals surface area contributed by atoms with Gasteiger partial charge in [-0.25, -0.2) is 0 Å². The Morgan fingerprint density at radius 3 is 2.52 bits per heavy atom. The van der Waals surface area contributed by atoms with Crippen molar-refractivity contribution < 1.29 is 18.9 Å². The van der Waals surface area contributed by atoms with Gasteiger partial charge in [-0.2, -0.15) is 0 Å². The van der Waals surface area contributed by atoms with Crippen LogP contribution >= 0.6 is 0 Å². The third-order valence-electron chi connectivity index (χ3n) is 4.38. The molecule has 3 rings (SSSR count). The topological polar surface area (TPSA) is 82.6 Å². The van der Waals surface area contributed by atoms with Gasteiger partial charge in [0.2, 0.25) is 0 Å². The van der Waals surface area contributed by atoms with Crippen LogP contribution in [0.25, 0.3) is 6.08 Å². The van der Waals surface area contributed by atoms with E-state index in [4.69, 9.17) is 9.15 Å². The third kappa shape index (κ3) is 5.19. The third-order valence-corrected chi connectivity index (χ3v) is 4.38. The normalized spacial score (nSPS) is 11.1. The molecule has 1 heterocycles. The molecule has 3 aromatic rings. The van der Waals surface area contributed by atoms with Gasteiger partial charge >= 0.3 is 5.69 Å². The number of benzene rings is 2. The van der Waals surface area contributed by atoms with Gasteiger partial charge in [0.15, 0.2) is 11.5 Å². The van der Waals surface area contributed by atoms with Gasteiger partial charge in [-0.1, -0.05) is 50.2 Å². The first-order valence-electron chi connectivity index (χ1n) is 9.21. The number of furan rings is 1. The van der Waals surface area contributed by atoms with E-state index in [1.807, 2.05) is 24.3 Å². The summed E-state index contributed by atoms with van der Waals surface area (Å²) in [6.45, 7) is 4.25. The molecule has 6 nitrogen and oxygen atoms in total. The molecule has 2 aromatic carbocycles. The van der Waals surface area contributed by atoms with Crippen molar-refractivity contribution in [2.24, 2.45) is 0 Å². The van der Waals surface area contributed by atoms with Crippen molar-refractivity contribution in [2.75, 3.05) is 0 Å². The van der Waals surface area contributed by atoms with Crippen LogP contribution in [-0.2, 0) is 6.61 Å². The predicted molar refractivity (Wildman–Crippen MR) is 110 cm³/mol. The number of hydrogen-bond acceptors (Lipinski definition) is 5. The Morgan fingerprint density at radius 2 is 1.83 bits per heavy atom. The van der Waals surface area contributed by atoms with Gasteiger partial charge in [-0.05, 0) is 41.8 Å². The van der Waals surface area contributed by atoms with Crippen LogP contribution in [-0.4, -0.2) is 10.7 Å². The maximum atomic E-state index is 12.3. The van der Waals surface area contributed by atoms with Crippen LogP contribution < -0.4 is 4.74 Å². The maximum Gasteiger partial charge on any atom is 0.310 e. The average Bonchev–Trinajstić information content (AvgIpc) is 3.18. The number of allylic oxidation sites excluding steroid dienone is 1. The standard InChI is InChI=1S/C23H21NO5/c1-16(2)17-7-9-18(10-8-17)22(25)14-13-19-11-12-20(29-19)15-28-23-6-4-3-5-21(23)24(26)27/h3-14,16H,15H2,1-2H3/b14-13+. The fourth-order valence-electron chi connectivity index (χ4n) is 2.73. The summed E-state index contributed by atoms with van der Waals surface area (Å²) in [4.78, 5) is 22.8. The van der Waals surface area contributed by atoms with Crippen LogP contribution in [0.1, 0.15) is 47.2 Å². The fourth-order valence-corrected chi connectivity index (χ4v) is 2.73. The van der Waals surface area contributed by atoms with E-state index in [1.54, 1.807) is 30.3 Å². The van der Waals surface area contributed by atoms with Gasteiger partial charge in [0.1, 0.15) is 18.1 Å². The van der Waals surface area contributed by atoms with Crippen LogP contribution in [0.5, 0.6) is 5.75 Å². The number of nitro groups is 1. The highest BCUT2D eigenvalue weighted by Gasteiger charge is 2.14. The summed E-state index contributed by atoms with van der Waals surface area (Å²) in [5, 5.41) is 11.0. The quantitative estimate of drug-likeness (QED) is 0.210. The van der Waals surface area contributed by atoms with Gasteiger partial charge in [0.05, 0.1) is 4.92 Å². The molecule has 0 saturated heterocycles. The van der Waals surface area contributed by atoms with Crippen LogP contribution in [0.2, 0.25) is 0 Å². The molecule has 0 fully saturated rings. The summed E-state index contributed by atoms with van der Waals surface area (Å²) in [5.41, 5.74) is 1.69. The Morgan fingerprint density at radius 1 is 1.10 bits per heavy atom. The lowest BCUT2D eigenvalue weighted by Gasteiger charge is -2.05. The highest BCUT2D eigenvalue weighted by atomic mass is 16.6. The number of nitro benzene ring substituents is 1. The molecule has 0 aliphatic heterocycles. The Balaban J connectivity index is 1.61. The lowest BCUT2D eigenvalue weighted by Crippen LogP contribution is -1.98. The van der Waals surface area contributed by atoms with E-state index in [9.17, 15) is 14.9 Å². The fraction of sp³-hybridized carbons (Fsp3) is 0.174. The largest absolute Gasteiger partial charge is 0.479 e. The van der Waals surface area contributed by atoms with Crippen molar-refractivity contribution in [1.82, 2.24) is 0 Å². The predicted octanol–water partition coefficient (Wildman–Crippen LogP) is 5.79. The molecule has 1 aromatic heterocycles. The Bertz CT molecular complexity index is 1030. The minimum atomic E-state index is -0.495. The molecule has 0 aliphatic rings. The first-order chi connectivity index (χ1) is 13.9. The molecule has 148 valence electrons. The zero-order chi connectivity index (χ0) is 20.8. The zero-order valence-electron chi connectivity index (χ0n) is 16.2. The van der Waals surface area contributed by atoms with E-state index in [0.29, 0.717) is 23.0 Å². The van der Waals surface area contributed by atoms with E-state index in [2.05, 4.69) is 13.8 Å². The van der Waals surface area contributed by atoms with E-state index < -0.39 is 4.92 Å². The van der Waals surface area contributed by atoms with E-state index in [0.717, 1.165) is 0 Å². The number of ketones is 1. The lowest BCUT2D eigenvalue weighted by molar-refractivity contribution is -0.386. The van der Waals surface area contributed by atoms with Crippen molar-refractivity contribution in [3.8, 4) is 5.75 Å². The molecule has 0 unspecified atom stereocenters. The molecule has 0 radical (unpaired) electrons. The minimum absolute atomic E-state index is 0.0449. The number of para-hydroxylation sites is 2. The van der Waals surface area contributed by atoms with Crippen LogP contribution in [0.4, 0.5) is 5.69 Å². The van der Waals surface area contributed by atoms with Crippen molar-refractivity contribution in [2.45, 2.75) is 26.4 Å². The molecular formula is C23H21NO5. The molecule has 0 atom stereocenters. The summed E-state index contributed by atoms with van der Waals surface area (Å²) in [5.74, 6) is 1.46. The summed E-state index contributed by atoms with van der Waals surface area (Å²) >= 11 is 0. The molecule has 0 spiro atoms. The second-order valence-corrected chi connectivity index (χ2v) is 6.79. The average molecular weight is 391 g/mol. The Labute approximate surface area is 168 Å². The van der Waals surface area contributed by atoms with Crippen molar-refractivity contribution >= 4 is 17.5 Å². The highest BCUT2D eigenvalue weighted by Crippen LogP contribution is 2.27. The second kappa shape index (κ2) is 9.01. The van der Waals surface area contributed by atoms with Crippen LogP contribution in [0.3, 0.4) is 0 Å². The van der Waals surface area contributed by atoms with Gasteiger partial charge in [-0.3, -0.25) is 14.9 Å². The first kappa shape index (κ1) is 20.1. The van der Waals surface area contributed by atoms with Crippen LogP contribution in [0, 0.1) is 10.1 Å². The van der Waals surface area contributed by atoms with E-state index >= 15 is 0 Å². The Kier molecular flexibility index (Phi) is 6.24. The lowest BCUT2D eigenvalue weighted by atomic mass is 10.0. The van der Waals surface area contributed by atoms with Crippen molar-refractivity contribution in [1.29, 1.82) is 0 Å². The maximum absolute atomic E-state index is 12.3. The molecule has 6 heteroatoms. The molecule has 0 aliphatic carbocycles. The second-order valence-electron chi connectivity index (χ2n) is 6.79. The van der Waals surface area contributed by atoms with Gasteiger partial charge in [-0.15, -0.1) is 0 Å². The SMILES string of the molecule is CC(C)c1ccc(C(=O)/C=C/c2ccc(COc3ccccc3[N+](=O)[O-])o2)cc1. The van der Waals surface area contributed by atoms with Crippen molar-refractivity contribution in [3.63, 3.8) is 0 Å². The minimum Gasteiger partial charge on any atom is -0.479 e. The summed E-state index contributed by atoms with van der Waals surface area (Å²) in [6.07, 6.45) is 3.04. The molecule has 0 bridgehead atoms. The smallest absolute Gasteiger partial charge is 0.310 e. The van der Waals surface area contributed by atoms with Gasteiger partial charge in [0.25, 0.3) is 0 Å². The van der Waals surface area contributed by atoms with Crippen LogP contribution in [0.15, 0.2) is 71.2 Å². The Hall–Kier alpha value is -3.67. The summed E-state index contributed by atoms with van der Waals surface area (Å²) in [6, 6.07) is 17.1. The molecule has 29 heavy (non-hydrogen) atoms. The number of carbonyl (C=O) groups excluding carboxylic acids is 1. The van der Waals surface area contributed by atoms with Gasteiger partial charge < -0.3 is 9.15 Å². The molecule has 0 saturated carbocycles. The summed E-state index contributed by atoms with van der Waals surface area (Å²) in [7, 11) is 0. The zero-order valence-corrected chi connectivity index (χ0v) is 16.2. The van der Waals surface area contributed by atoms with E-state index in [1.165, 1.54) is 23.8 Å². The summed E-state index contributed by atoms with van der Waals surface area (Å²) < 4.78 is 11.1. The first-order valence-corrected chi connectivity index (χ1v) is 9.21. The highest BCUT2D eigenvalue weighted by molar-refractivity contribution is 6.06. The molecule has 0 N–H and O–H groups in total. The van der Waals surface area contributed by atoms with E-state index in [-0.39, 0.29) is 23.8 Å². The number of ether oxygens (including phenoxy) is 1. The molecular weight excluding hydrogens is 370 g/mol.